The Hall–Kier alpha value is -0.800. The molecule has 0 unspecified atom stereocenters. The molecule has 0 bridgehead atoms. The van der Waals surface area contributed by atoms with Crippen LogP contribution in [0.1, 0.15) is 16.8 Å². The van der Waals surface area contributed by atoms with Crippen LogP contribution in [0.25, 0.3) is 0 Å². The molecular weight excluding hydrogens is 138 g/mol. The lowest BCUT2D eigenvalue weighted by Crippen LogP contribution is -2.09. The Kier molecular flexibility index (Phi) is 1.47. The maximum Gasteiger partial charge on any atom is 0.0335 e. The van der Waals surface area contributed by atoms with E-state index in [4.69, 9.17) is 5.73 Å². The minimum Gasteiger partial charge on any atom is -0.363 e. The average molecular weight is 151 g/mol. The molecule has 3 heteroatoms. The molecular formula is C8H13N3. The van der Waals surface area contributed by atoms with Crippen molar-refractivity contribution in [3.8, 4) is 0 Å². The van der Waals surface area contributed by atoms with Gasteiger partial charge in [-0.1, -0.05) is 0 Å². The van der Waals surface area contributed by atoms with Gasteiger partial charge in [-0.15, -0.1) is 0 Å². The van der Waals surface area contributed by atoms with E-state index in [2.05, 4.69) is 23.1 Å². The molecule has 1 aliphatic rings. The Morgan fingerprint density at radius 1 is 1.64 bits per heavy atom. The van der Waals surface area contributed by atoms with Crippen molar-refractivity contribution < 1.29 is 0 Å². The Morgan fingerprint density at radius 2 is 2.45 bits per heavy atom. The van der Waals surface area contributed by atoms with Crippen LogP contribution in [0.15, 0.2) is 6.20 Å². The first-order chi connectivity index (χ1) is 5.31. The highest BCUT2D eigenvalue weighted by atomic mass is 15.1. The summed E-state index contributed by atoms with van der Waals surface area (Å²) in [5, 5.41) is 0. The molecule has 2 rings (SSSR count). The van der Waals surface area contributed by atoms with Gasteiger partial charge in [0.1, 0.15) is 0 Å². The third-order valence-corrected chi connectivity index (χ3v) is 2.24. The van der Waals surface area contributed by atoms with Gasteiger partial charge in [0.05, 0.1) is 0 Å². The second-order valence-corrected chi connectivity index (χ2v) is 3.15. The summed E-state index contributed by atoms with van der Waals surface area (Å²) in [6.45, 7) is 2.74. The van der Waals surface area contributed by atoms with Gasteiger partial charge >= 0.3 is 0 Å². The predicted molar refractivity (Wildman–Crippen MR) is 43.9 cm³/mol. The standard InChI is InChI=1S/C8H13N3/c1-11-4-6-3-10-8(2-9)7(6)5-11/h3,10H,2,4-5,9H2,1H3. The van der Waals surface area contributed by atoms with Crippen LogP contribution < -0.4 is 5.73 Å². The zero-order chi connectivity index (χ0) is 7.84. The van der Waals surface area contributed by atoms with Gasteiger partial charge in [0, 0.05) is 31.5 Å². The van der Waals surface area contributed by atoms with Crippen LogP contribution >= 0.6 is 0 Å². The predicted octanol–water partition coefficient (Wildman–Crippen LogP) is 0.419. The van der Waals surface area contributed by atoms with Gasteiger partial charge in [-0.05, 0) is 18.2 Å². The summed E-state index contributed by atoms with van der Waals surface area (Å²) in [6, 6.07) is 0. The summed E-state index contributed by atoms with van der Waals surface area (Å²) in [6.07, 6.45) is 2.07. The first-order valence-electron chi connectivity index (χ1n) is 3.88. The average Bonchev–Trinajstić information content (AvgIpc) is 2.45. The molecule has 0 atom stereocenters. The molecule has 1 aromatic heterocycles. The van der Waals surface area contributed by atoms with E-state index >= 15 is 0 Å². The minimum absolute atomic E-state index is 0.628. The maximum absolute atomic E-state index is 5.56. The monoisotopic (exact) mass is 151 g/mol. The van der Waals surface area contributed by atoms with Crippen molar-refractivity contribution in [3.05, 3.63) is 23.0 Å². The Bertz CT molecular complexity index is 264. The van der Waals surface area contributed by atoms with E-state index in [0.29, 0.717) is 6.54 Å². The fraction of sp³-hybridized carbons (Fsp3) is 0.500. The minimum atomic E-state index is 0.628. The zero-order valence-corrected chi connectivity index (χ0v) is 6.72. The second-order valence-electron chi connectivity index (χ2n) is 3.15. The summed E-state index contributed by atoms with van der Waals surface area (Å²) in [7, 11) is 2.13. The number of aromatic nitrogens is 1. The molecule has 0 amide bonds. The lowest BCUT2D eigenvalue weighted by atomic mass is 10.2. The lowest BCUT2D eigenvalue weighted by Gasteiger charge is -2.05. The first kappa shape index (κ1) is 6.88. The molecule has 3 N–H and O–H groups in total. The van der Waals surface area contributed by atoms with E-state index in [1.165, 1.54) is 16.8 Å². The Morgan fingerprint density at radius 3 is 3.18 bits per heavy atom. The maximum atomic E-state index is 5.56. The molecule has 0 aromatic carbocycles. The first-order valence-corrected chi connectivity index (χ1v) is 3.88. The van der Waals surface area contributed by atoms with Crippen LogP contribution in [0.3, 0.4) is 0 Å². The van der Waals surface area contributed by atoms with Gasteiger partial charge < -0.3 is 10.7 Å². The molecule has 0 saturated carbocycles. The number of hydrogen-bond acceptors (Lipinski definition) is 2. The zero-order valence-electron chi connectivity index (χ0n) is 6.72. The third-order valence-electron chi connectivity index (χ3n) is 2.24. The van der Waals surface area contributed by atoms with Crippen LogP contribution in [0.5, 0.6) is 0 Å². The molecule has 2 heterocycles. The summed E-state index contributed by atoms with van der Waals surface area (Å²) in [5.74, 6) is 0. The molecule has 0 fully saturated rings. The Labute approximate surface area is 66.2 Å². The summed E-state index contributed by atoms with van der Waals surface area (Å²) < 4.78 is 0. The highest BCUT2D eigenvalue weighted by molar-refractivity contribution is 5.33. The van der Waals surface area contributed by atoms with Gasteiger partial charge in [-0.3, -0.25) is 4.90 Å². The van der Waals surface area contributed by atoms with Crippen molar-refractivity contribution in [3.63, 3.8) is 0 Å². The molecule has 1 aromatic rings. The van der Waals surface area contributed by atoms with Crippen molar-refractivity contribution in [2.24, 2.45) is 5.73 Å². The molecule has 1 aliphatic heterocycles. The highest BCUT2D eigenvalue weighted by Crippen LogP contribution is 2.23. The van der Waals surface area contributed by atoms with Crippen molar-refractivity contribution in [2.45, 2.75) is 19.6 Å². The topological polar surface area (TPSA) is 45.0 Å². The van der Waals surface area contributed by atoms with Crippen LogP contribution in [-0.2, 0) is 19.6 Å². The molecule has 3 nitrogen and oxygen atoms in total. The number of nitrogens with one attached hydrogen (secondary N) is 1. The molecule has 0 radical (unpaired) electrons. The Balaban J connectivity index is 2.37. The summed E-state index contributed by atoms with van der Waals surface area (Å²) >= 11 is 0. The van der Waals surface area contributed by atoms with Crippen LogP contribution in [0.2, 0.25) is 0 Å². The quantitative estimate of drug-likeness (QED) is 0.611. The number of aromatic amines is 1. The van der Waals surface area contributed by atoms with E-state index in [1.54, 1.807) is 0 Å². The van der Waals surface area contributed by atoms with Crippen LogP contribution in [0, 0.1) is 0 Å². The van der Waals surface area contributed by atoms with Crippen molar-refractivity contribution in [1.82, 2.24) is 9.88 Å². The van der Waals surface area contributed by atoms with Crippen molar-refractivity contribution >= 4 is 0 Å². The number of nitrogens with zero attached hydrogens (tertiary/aromatic N) is 1. The molecule has 11 heavy (non-hydrogen) atoms. The molecule has 0 spiro atoms. The molecule has 0 saturated heterocycles. The van der Waals surface area contributed by atoms with Crippen LogP contribution in [0.4, 0.5) is 0 Å². The third kappa shape index (κ3) is 0.968. The number of fused-ring (bicyclic) bond motifs is 1. The SMILES string of the molecule is CN1Cc2c[nH]c(CN)c2C1. The second kappa shape index (κ2) is 2.36. The van der Waals surface area contributed by atoms with E-state index < -0.39 is 0 Å². The smallest absolute Gasteiger partial charge is 0.0335 e. The van der Waals surface area contributed by atoms with E-state index in [-0.39, 0.29) is 0 Å². The van der Waals surface area contributed by atoms with Crippen molar-refractivity contribution in [1.29, 1.82) is 0 Å². The van der Waals surface area contributed by atoms with Gasteiger partial charge in [0.2, 0.25) is 0 Å². The highest BCUT2D eigenvalue weighted by Gasteiger charge is 2.19. The fourth-order valence-corrected chi connectivity index (χ4v) is 1.68. The van der Waals surface area contributed by atoms with Crippen molar-refractivity contribution in [2.75, 3.05) is 7.05 Å². The number of H-pyrrole nitrogens is 1. The van der Waals surface area contributed by atoms with Gasteiger partial charge in [0.25, 0.3) is 0 Å². The van der Waals surface area contributed by atoms with Gasteiger partial charge in [-0.2, -0.15) is 0 Å². The summed E-state index contributed by atoms with van der Waals surface area (Å²) in [4.78, 5) is 5.48. The van der Waals surface area contributed by atoms with Gasteiger partial charge in [-0.25, -0.2) is 0 Å². The van der Waals surface area contributed by atoms with Gasteiger partial charge in [0.15, 0.2) is 0 Å². The fourth-order valence-electron chi connectivity index (χ4n) is 1.68. The van der Waals surface area contributed by atoms with Crippen LogP contribution in [-0.4, -0.2) is 16.9 Å². The molecule has 60 valence electrons. The number of hydrogen-bond donors (Lipinski definition) is 2. The van der Waals surface area contributed by atoms with E-state index in [1.807, 2.05) is 0 Å². The number of rotatable bonds is 1. The van der Waals surface area contributed by atoms with E-state index in [9.17, 15) is 0 Å². The summed E-state index contributed by atoms with van der Waals surface area (Å²) in [5.41, 5.74) is 9.58. The molecule has 0 aliphatic carbocycles. The lowest BCUT2D eigenvalue weighted by molar-refractivity contribution is 0.351. The normalized spacial score (nSPS) is 17.3. The largest absolute Gasteiger partial charge is 0.363 e. The van der Waals surface area contributed by atoms with E-state index in [0.717, 1.165) is 13.1 Å². The number of nitrogens with two attached hydrogens (primary N) is 1.